The van der Waals surface area contributed by atoms with Gasteiger partial charge in [-0.2, -0.15) is 5.01 Å². The first-order valence-electron chi connectivity index (χ1n) is 5.36. The van der Waals surface area contributed by atoms with Gasteiger partial charge in [-0.1, -0.05) is 0 Å². The Hall–Kier alpha value is -0.240. The van der Waals surface area contributed by atoms with Gasteiger partial charge >= 0.3 is 0 Å². The molecule has 0 aliphatic rings. The second-order valence-corrected chi connectivity index (χ2v) is 4.70. The van der Waals surface area contributed by atoms with Gasteiger partial charge in [0.15, 0.2) is 0 Å². The predicted octanol–water partition coefficient (Wildman–Crippen LogP) is -1.05. The van der Waals surface area contributed by atoms with Crippen molar-refractivity contribution in [3.05, 3.63) is 0 Å². The molecule has 0 bridgehead atoms. The van der Waals surface area contributed by atoms with Crippen LogP contribution in [0.4, 0.5) is 0 Å². The van der Waals surface area contributed by atoms with E-state index in [9.17, 15) is 10.2 Å². The van der Waals surface area contributed by atoms with Crippen LogP contribution in [0, 0.1) is 0 Å². The molecular weight excluding hydrogens is 212 g/mol. The minimum Gasteiger partial charge on any atom is -0.395 e. The molecule has 0 fully saturated rings. The smallest absolute Gasteiger partial charge is 0.128 e. The Morgan fingerprint density at radius 3 is 1.31 bits per heavy atom. The second-order valence-electron chi connectivity index (χ2n) is 4.70. The van der Waals surface area contributed by atoms with E-state index in [-0.39, 0.29) is 26.3 Å². The number of hydrogen-bond acceptors (Lipinski definition) is 6. The zero-order valence-corrected chi connectivity index (χ0v) is 10.5. The standard InChI is InChI=1S/C10H24N2O4/c1-9(2,15)12(10(3,4)16)11(5-7-13)6-8-14/h13-16H,5-8H2,1-4H3. The molecule has 6 heteroatoms. The van der Waals surface area contributed by atoms with Crippen molar-refractivity contribution in [2.45, 2.75) is 39.1 Å². The maximum Gasteiger partial charge on any atom is 0.128 e. The summed E-state index contributed by atoms with van der Waals surface area (Å²) in [5.41, 5.74) is -2.58. The first-order chi connectivity index (χ1) is 7.14. The van der Waals surface area contributed by atoms with Gasteiger partial charge in [-0.25, -0.2) is 5.01 Å². The largest absolute Gasteiger partial charge is 0.395 e. The van der Waals surface area contributed by atoms with Crippen molar-refractivity contribution in [1.29, 1.82) is 0 Å². The van der Waals surface area contributed by atoms with E-state index >= 15 is 0 Å². The highest BCUT2D eigenvalue weighted by Crippen LogP contribution is 2.23. The van der Waals surface area contributed by atoms with Gasteiger partial charge in [-0.3, -0.25) is 0 Å². The van der Waals surface area contributed by atoms with Crippen LogP contribution in [-0.2, 0) is 0 Å². The molecule has 0 atom stereocenters. The number of aliphatic hydroxyl groups is 4. The number of rotatable bonds is 7. The zero-order valence-electron chi connectivity index (χ0n) is 10.5. The molecule has 0 unspecified atom stereocenters. The molecule has 0 aliphatic carbocycles. The van der Waals surface area contributed by atoms with Crippen LogP contribution in [-0.4, -0.2) is 68.2 Å². The highest BCUT2D eigenvalue weighted by molar-refractivity contribution is 4.77. The van der Waals surface area contributed by atoms with Gasteiger partial charge in [0.25, 0.3) is 0 Å². The summed E-state index contributed by atoms with van der Waals surface area (Å²) in [7, 11) is 0. The maximum atomic E-state index is 10.00. The molecule has 98 valence electrons. The van der Waals surface area contributed by atoms with Crippen molar-refractivity contribution >= 4 is 0 Å². The lowest BCUT2D eigenvalue weighted by molar-refractivity contribution is -0.296. The number of hydrogen-bond donors (Lipinski definition) is 4. The fraction of sp³-hybridized carbons (Fsp3) is 1.00. The van der Waals surface area contributed by atoms with Gasteiger partial charge < -0.3 is 20.4 Å². The molecule has 0 amide bonds. The molecule has 0 aromatic rings. The molecule has 0 radical (unpaired) electrons. The summed E-state index contributed by atoms with van der Waals surface area (Å²) in [5, 5.41) is 40.7. The molecule has 0 saturated carbocycles. The van der Waals surface area contributed by atoms with E-state index in [0.717, 1.165) is 0 Å². The van der Waals surface area contributed by atoms with Crippen molar-refractivity contribution in [2.24, 2.45) is 0 Å². The Morgan fingerprint density at radius 2 is 1.12 bits per heavy atom. The second kappa shape index (κ2) is 5.90. The molecule has 0 heterocycles. The summed E-state index contributed by atoms with van der Waals surface area (Å²) in [5.74, 6) is 0. The van der Waals surface area contributed by atoms with E-state index in [1.807, 2.05) is 0 Å². The van der Waals surface area contributed by atoms with Crippen LogP contribution in [0.25, 0.3) is 0 Å². The number of hydrazine groups is 1. The molecule has 16 heavy (non-hydrogen) atoms. The van der Waals surface area contributed by atoms with Gasteiger partial charge in [0, 0.05) is 13.1 Å². The third kappa shape index (κ3) is 4.73. The Balaban J connectivity index is 4.97. The topological polar surface area (TPSA) is 87.4 Å². The van der Waals surface area contributed by atoms with Crippen LogP contribution >= 0.6 is 0 Å². The van der Waals surface area contributed by atoms with Crippen LogP contribution in [0.3, 0.4) is 0 Å². The molecule has 0 aliphatic heterocycles. The minimum absolute atomic E-state index is 0.122. The van der Waals surface area contributed by atoms with Gasteiger partial charge in [-0.15, -0.1) is 0 Å². The van der Waals surface area contributed by atoms with Crippen molar-refractivity contribution in [3.8, 4) is 0 Å². The van der Waals surface area contributed by atoms with E-state index in [0.29, 0.717) is 0 Å². The normalized spacial score (nSPS) is 13.9. The lowest BCUT2D eigenvalue weighted by atomic mass is 10.2. The Bertz CT molecular complexity index is 178. The highest BCUT2D eigenvalue weighted by atomic mass is 16.4. The summed E-state index contributed by atoms with van der Waals surface area (Å²) in [6.07, 6.45) is 0. The average Bonchev–Trinajstić information content (AvgIpc) is 1.99. The van der Waals surface area contributed by atoms with Crippen molar-refractivity contribution in [2.75, 3.05) is 26.3 Å². The van der Waals surface area contributed by atoms with Crippen LogP contribution in [0.15, 0.2) is 0 Å². The SMILES string of the molecule is CC(C)(O)N(N(CCO)CCO)C(C)(C)O. The molecular formula is C10H24N2O4. The van der Waals surface area contributed by atoms with Gasteiger partial charge in [0.2, 0.25) is 0 Å². The van der Waals surface area contributed by atoms with Crippen LogP contribution < -0.4 is 0 Å². The van der Waals surface area contributed by atoms with Crippen LogP contribution in [0.2, 0.25) is 0 Å². The Labute approximate surface area is 96.7 Å². The predicted molar refractivity (Wildman–Crippen MR) is 60.2 cm³/mol. The lowest BCUT2D eigenvalue weighted by Crippen LogP contribution is -2.64. The monoisotopic (exact) mass is 236 g/mol. The van der Waals surface area contributed by atoms with E-state index in [4.69, 9.17) is 10.2 Å². The molecule has 0 aromatic carbocycles. The van der Waals surface area contributed by atoms with Crippen molar-refractivity contribution < 1.29 is 20.4 Å². The molecule has 0 spiro atoms. The molecule has 0 saturated heterocycles. The van der Waals surface area contributed by atoms with Crippen LogP contribution in [0.5, 0.6) is 0 Å². The van der Waals surface area contributed by atoms with E-state index in [1.54, 1.807) is 0 Å². The summed E-state index contributed by atoms with van der Waals surface area (Å²) >= 11 is 0. The highest BCUT2D eigenvalue weighted by Gasteiger charge is 2.39. The summed E-state index contributed by atoms with van der Waals surface area (Å²) in [6.45, 7) is 6.35. The molecule has 0 aromatic heterocycles. The molecule has 0 rings (SSSR count). The molecule has 4 N–H and O–H groups in total. The fourth-order valence-electron chi connectivity index (χ4n) is 1.90. The van der Waals surface area contributed by atoms with Gasteiger partial charge in [-0.05, 0) is 27.7 Å². The average molecular weight is 236 g/mol. The van der Waals surface area contributed by atoms with E-state index < -0.39 is 11.4 Å². The third-order valence-corrected chi connectivity index (χ3v) is 2.04. The first kappa shape index (κ1) is 15.8. The first-order valence-corrected chi connectivity index (χ1v) is 5.36. The third-order valence-electron chi connectivity index (χ3n) is 2.04. The number of aliphatic hydroxyl groups excluding tert-OH is 2. The van der Waals surface area contributed by atoms with Gasteiger partial charge in [0.05, 0.1) is 13.2 Å². The lowest BCUT2D eigenvalue weighted by Gasteiger charge is -2.48. The quantitative estimate of drug-likeness (QED) is 0.333. The zero-order chi connectivity index (χ0) is 13.0. The van der Waals surface area contributed by atoms with E-state index in [1.165, 1.54) is 37.7 Å². The Morgan fingerprint density at radius 1 is 0.812 bits per heavy atom. The van der Waals surface area contributed by atoms with Crippen LogP contribution in [0.1, 0.15) is 27.7 Å². The minimum atomic E-state index is -1.29. The maximum absolute atomic E-state index is 10.00. The summed E-state index contributed by atoms with van der Waals surface area (Å²) in [4.78, 5) is 0. The number of nitrogens with zero attached hydrogens (tertiary/aromatic N) is 2. The summed E-state index contributed by atoms with van der Waals surface area (Å²) < 4.78 is 0. The van der Waals surface area contributed by atoms with Crippen molar-refractivity contribution in [1.82, 2.24) is 10.0 Å². The molecule has 6 nitrogen and oxygen atoms in total. The van der Waals surface area contributed by atoms with Gasteiger partial charge in [0.1, 0.15) is 11.4 Å². The summed E-state index contributed by atoms with van der Waals surface area (Å²) in [6, 6.07) is 0. The van der Waals surface area contributed by atoms with Crippen molar-refractivity contribution in [3.63, 3.8) is 0 Å². The fourth-order valence-corrected chi connectivity index (χ4v) is 1.90. The Kier molecular flexibility index (Phi) is 5.81. The van der Waals surface area contributed by atoms with E-state index in [2.05, 4.69) is 0 Å².